The lowest BCUT2D eigenvalue weighted by Gasteiger charge is -2.08. The van der Waals surface area contributed by atoms with E-state index < -0.39 is 0 Å². The van der Waals surface area contributed by atoms with Crippen molar-refractivity contribution in [1.29, 1.82) is 0 Å². The molecule has 0 aliphatic rings. The van der Waals surface area contributed by atoms with Gasteiger partial charge in [-0.1, -0.05) is 91.0 Å². The van der Waals surface area contributed by atoms with E-state index in [1.54, 1.807) is 0 Å². The molecule has 0 atom stereocenters. The summed E-state index contributed by atoms with van der Waals surface area (Å²) >= 11 is 1.88. The zero-order valence-electron chi connectivity index (χ0n) is 24.2. The normalized spacial score (nSPS) is 12.0. The number of thiophene rings is 1. The third-order valence-electron chi connectivity index (χ3n) is 9.20. The molecule has 2 nitrogen and oxygen atoms in total. The molecule has 0 spiro atoms. The molecule has 0 fully saturated rings. The van der Waals surface area contributed by atoms with Gasteiger partial charge in [-0.2, -0.15) is 0 Å². The van der Waals surface area contributed by atoms with Crippen LogP contribution in [0.2, 0.25) is 0 Å². The highest BCUT2D eigenvalue weighted by molar-refractivity contribution is 7.26. The van der Waals surface area contributed by atoms with Gasteiger partial charge in [0, 0.05) is 47.4 Å². The predicted molar refractivity (Wildman–Crippen MR) is 192 cm³/mol. The van der Waals surface area contributed by atoms with Gasteiger partial charge >= 0.3 is 0 Å². The summed E-state index contributed by atoms with van der Waals surface area (Å²) in [6, 6.07) is 54.8. The Morgan fingerprint density at radius 1 is 0.422 bits per heavy atom. The number of hydrogen-bond donors (Lipinski definition) is 0. The second-order valence-electron chi connectivity index (χ2n) is 11.7. The zero-order chi connectivity index (χ0) is 29.5. The van der Waals surface area contributed by atoms with E-state index in [0.29, 0.717) is 0 Å². The van der Waals surface area contributed by atoms with Crippen molar-refractivity contribution in [2.24, 2.45) is 0 Å². The molecule has 210 valence electrons. The van der Waals surface area contributed by atoms with Gasteiger partial charge < -0.3 is 8.98 Å². The molecule has 7 aromatic carbocycles. The summed E-state index contributed by atoms with van der Waals surface area (Å²) in [6.07, 6.45) is 0. The molecule has 10 rings (SSSR count). The zero-order valence-corrected chi connectivity index (χ0v) is 25.0. The first-order valence-corrected chi connectivity index (χ1v) is 16.1. The summed E-state index contributed by atoms with van der Waals surface area (Å²) < 4.78 is 11.1. The van der Waals surface area contributed by atoms with E-state index in [4.69, 9.17) is 4.42 Å². The second-order valence-corrected chi connectivity index (χ2v) is 12.8. The highest BCUT2D eigenvalue weighted by Crippen LogP contribution is 2.43. The van der Waals surface area contributed by atoms with Crippen LogP contribution < -0.4 is 0 Å². The number of furan rings is 1. The quantitative estimate of drug-likeness (QED) is 0.200. The molecule has 3 heteroatoms. The molecule has 0 saturated carbocycles. The fourth-order valence-electron chi connectivity index (χ4n) is 7.11. The van der Waals surface area contributed by atoms with Gasteiger partial charge in [-0.05, 0) is 82.9 Å². The van der Waals surface area contributed by atoms with Crippen LogP contribution in [0.25, 0.3) is 91.9 Å². The van der Waals surface area contributed by atoms with Crippen LogP contribution in [-0.4, -0.2) is 4.57 Å². The number of hydrogen-bond acceptors (Lipinski definition) is 2. The van der Waals surface area contributed by atoms with Crippen molar-refractivity contribution in [3.05, 3.63) is 152 Å². The molecular weight excluding hydrogens is 567 g/mol. The van der Waals surface area contributed by atoms with Crippen LogP contribution >= 0.6 is 11.3 Å². The van der Waals surface area contributed by atoms with Gasteiger partial charge in [0.1, 0.15) is 11.2 Å². The minimum absolute atomic E-state index is 0.928. The smallest absolute Gasteiger partial charge is 0.135 e. The lowest BCUT2D eigenvalue weighted by atomic mass is 9.98. The predicted octanol–water partition coefficient (Wildman–Crippen LogP) is 12.4. The minimum atomic E-state index is 0.928. The maximum Gasteiger partial charge on any atom is 0.135 e. The molecule has 0 saturated heterocycles. The molecule has 10 aromatic rings. The molecule has 0 aliphatic heterocycles. The van der Waals surface area contributed by atoms with Gasteiger partial charge in [0.05, 0.1) is 11.0 Å². The van der Waals surface area contributed by atoms with Crippen LogP contribution in [0.15, 0.2) is 156 Å². The van der Waals surface area contributed by atoms with Crippen molar-refractivity contribution in [3.8, 4) is 27.9 Å². The average Bonchev–Trinajstić information content (AvgIpc) is 3.77. The number of nitrogens with zero attached hydrogens (tertiary/aromatic N) is 1. The number of fused-ring (bicyclic) bond motifs is 9. The Hall–Kier alpha value is -5.64. The summed E-state index contributed by atoms with van der Waals surface area (Å²) in [4.78, 5) is 0. The van der Waals surface area contributed by atoms with Crippen LogP contribution in [0.4, 0.5) is 0 Å². The van der Waals surface area contributed by atoms with Gasteiger partial charge in [0.15, 0.2) is 0 Å². The number of para-hydroxylation sites is 3. The van der Waals surface area contributed by atoms with Crippen molar-refractivity contribution >= 4 is 75.3 Å². The van der Waals surface area contributed by atoms with E-state index in [2.05, 4.69) is 144 Å². The number of rotatable bonds is 3. The van der Waals surface area contributed by atoms with Gasteiger partial charge in [-0.3, -0.25) is 0 Å². The lowest BCUT2D eigenvalue weighted by molar-refractivity contribution is 0.669. The van der Waals surface area contributed by atoms with Crippen LogP contribution in [0.1, 0.15) is 0 Å². The van der Waals surface area contributed by atoms with Gasteiger partial charge in [0.2, 0.25) is 0 Å². The molecule has 0 radical (unpaired) electrons. The summed E-state index contributed by atoms with van der Waals surface area (Å²) in [5.74, 6) is 0. The maximum atomic E-state index is 6.11. The Kier molecular flexibility index (Phi) is 5.19. The Bertz CT molecular complexity index is 2760. The third-order valence-corrected chi connectivity index (χ3v) is 10.4. The first-order valence-electron chi connectivity index (χ1n) is 15.3. The standard InChI is InChI=1S/C42H25NOS/c1-2-9-29(10-3-1)43-37-15-6-4-11-31(37)34-23-26(17-20-38(34)43)27-19-22-41-36(24-27)33-14-8-13-30(42(33)45-41)28-18-21-40-35(25-28)32-12-5-7-16-39(32)44-40/h1-25H. The summed E-state index contributed by atoms with van der Waals surface area (Å²) in [6.45, 7) is 0. The average molecular weight is 592 g/mol. The van der Waals surface area contributed by atoms with Crippen molar-refractivity contribution in [2.75, 3.05) is 0 Å². The van der Waals surface area contributed by atoms with Crippen LogP contribution in [0.3, 0.4) is 0 Å². The fraction of sp³-hybridized carbons (Fsp3) is 0. The van der Waals surface area contributed by atoms with E-state index in [0.717, 1.165) is 21.9 Å². The fourth-order valence-corrected chi connectivity index (χ4v) is 8.33. The Balaban J connectivity index is 1.13. The van der Waals surface area contributed by atoms with Crippen molar-refractivity contribution in [3.63, 3.8) is 0 Å². The third kappa shape index (κ3) is 3.68. The second kappa shape index (κ2) is 9.43. The lowest BCUT2D eigenvalue weighted by Crippen LogP contribution is -1.92. The molecule has 0 aliphatic carbocycles. The largest absolute Gasteiger partial charge is 0.456 e. The van der Waals surface area contributed by atoms with Crippen LogP contribution in [-0.2, 0) is 0 Å². The van der Waals surface area contributed by atoms with Crippen LogP contribution in [0.5, 0.6) is 0 Å². The topological polar surface area (TPSA) is 18.1 Å². The van der Waals surface area contributed by atoms with Gasteiger partial charge in [0.25, 0.3) is 0 Å². The Morgan fingerprint density at radius 3 is 2.00 bits per heavy atom. The SMILES string of the molecule is c1ccc(-n2c3ccccc3c3cc(-c4ccc5sc6c(-c7ccc8oc9ccccc9c8c7)cccc6c5c4)ccc32)cc1. The van der Waals surface area contributed by atoms with Gasteiger partial charge in [-0.15, -0.1) is 11.3 Å². The van der Waals surface area contributed by atoms with Crippen molar-refractivity contribution < 1.29 is 4.42 Å². The highest BCUT2D eigenvalue weighted by Gasteiger charge is 2.16. The van der Waals surface area contributed by atoms with E-state index in [9.17, 15) is 0 Å². The molecule has 0 bridgehead atoms. The number of benzene rings is 7. The van der Waals surface area contributed by atoms with Crippen molar-refractivity contribution in [1.82, 2.24) is 4.57 Å². The molecule has 0 N–H and O–H groups in total. The summed E-state index contributed by atoms with van der Waals surface area (Å²) in [7, 11) is 0. The molecular formula is C42H25NOS. The molecule has 3 heterocycles. The minimum Gasteiger partial charge on any atom is -0.456 e. The van der Waals surface area contributed by atoms with E-state index in [1.807, 2.05) is 23.5 Å². The highest BCUT2D eigenvalue weighted by atomic mass is 32.1. The first kappa shape index (κ1) is 24.8. The van der Waals surface area contributed by atoms with E-state index >= 15 is 0 Å². The van der Waals surface area contributed by atoms with Gasteiger partial charge in [-0.25, -0.2) is 0 Å². The molecule has 0 unspecified atom stereocenters. The van der Waals surface area contributed by atoms with Crippen molar-refractivity contribution in [2.45, 2.75) is 0 Å². The monoisotopic (exact) mass is 591 g/mol. The van der Waals surface area contributed by atoms with E-state index in [-0.39, 0.29) is 0 Å². The summed E-state index contributed by atoms with van der Waals surface area (Å²) in [5.41, 5.74) is 10.4. The number of aromatic nitrogens is 1. The first-order chi connectivity index (χ1) is 22.3. The van der Waals surface area contributed by atoms with E-state index in [1.165, 1.54) is 69.9 Å². The molecule has 45 heavy (non-hydrogen) atoms. The maximum absolute atomic E-state index is 6.11. The molecule has 0 amide bonds. The Morgan fingerprint density at radius 2 is 1.09 bits per heavy atom. The van der Waals surface area contributed by atoms with Crippen LogP contribution in [0, 0.1) is 0 Å². The summed E-state index contributed by atoms with van der Waals surface area (Å²) in [5, 5.41) is 7.46. The molecule has 3 aromatic heterocycles. The Labute approximate surface area is 263 Å².